The Morgan fingerprint density at radius 1 is 1.75 bits per heavy atom. The zero-order valence-electron chi connectivity index (χ0n) is 4.21. The number of aliphatic hydroxyl groups is 1. The summed E-state index contributed by atoms with van der Waals surface area (Å²) < 4.78 is 2.66. The van der Waals surface area contributed by atoms with E-state index in [-0.39, 0.29) is 6.73 Å². The lowest BCUT2D eigenvalue weighted by Gasteiger charge is -1.89. The molecule has 1 aromatic heterocycles. The van der Waals surface area contributed by atoms with E-state index in [1.54, 1.807) is 17.0 Å². The molecule has 0 atom stereocenters. The van der Waals surface area contributed by atoms with Crippen molar-refractivity contribution < 1.29 is 5.11 Å². The molecule has 0 saturated carbocycles. The third-order valence-electron chi connectivity index (χ3n) is 0.878. The van der Waals surface area contributed by atoms with Crippen LogP contribution >= 0.6 is 15.9 Å². The van der Waals surface area contributed by atoms with Crippen LogP contribution in [0.15, 0.2) is 22.9 Å². The summed E-state index contributed by atoms with van der Waals surface area (Å²) in [6.07, 6.45) is 3.60. The van der Waals surface area contributed by atoms with E-state index >= 15 is 0 Å². The SMILES string of the molecule is OCn1ccc(Br)c1. The van der Waals surface area contributed by atoms with Crippen molar-refractivity contribution in [3.8, 4) is 0 Å². The van der Waals surface area contributed by atoms with Crippen LogP contribution in [-0.2, 0) is 6.73 Å². The van der Waals surface area contributed by atoms with Gasteiger partial charge in [-0.15, -0.1) is 0 Å². The molecule has 8 heavy (non-hydrogen) atoms. The normalized spacial score (nSPS) is 9.75. The highest BCUT2D eigenvalue weighted by atomic mass is 79.9. The fraction of sp³-hybridized carbons (Fsp3) is 0.200. The van der Waals surface area contributed by atoms with Crippen molar-refractivity contribution in [2.75, 3.05) is 0 Å². The monoisotopic (exact) mass is 175 g/mol. The van der Waals surface area contributed by atoms with Gasteiger partial charge < -0.3 is 9.67 Å². The van der Waals surface area contributed by atoms with E-state index < -0.39 is 0 Å². The lowest BCUT2D eigenvalue weighted by atomic mass is 10.7. The van der Waals surface area contributed by atoms with E-state index in [9.17, 15) is 0 Å². The first-order chi connectivity index (χ1) is 3.83. The minimum Gasteiger partial charge on any atom is -0.376 e. The molecular formula is C5H6BrNO. The van der Waals surface area contributed by atoms with Crippen molar-refractivity contribution in [1.29, 1.82) is 0 Å². The summed E-state index contributed by atoms with van der Waals surface area (Å²) in [5, 5.41) is 8.49. The summed E-state index contributed by atoms with van der Waals surface area (Å²) in [6, 6.07) is 1.87. The second-order valence-corrected chi connectivity index (χ2v) is 2.40. The van der Waals surface area contributed by atoms with Crippen molar-refractivity contribution in [1.82, 2.24) is 4.57 Å². The fourth-order valence-electron chi connectivity index (χ4n) is 0.499. The summed E-state index contributed by atoms with van der Waals surface area (Å²) in [7, 11) is 0. The lowest BCUT2D eigenvalue weighted by molar-refractivity contribution is 0.211. The van der Waals surface area contributed by atoms with Gasteiger partial charge in [-0.1, -0.05) is 0 Å². The lowest BCUT2D eigenvalue weighted by Crippen LogP contribution is -1.89. The predicted molar refractivity (Wildman–Crippen MR) is 34.4 cm³/mol. The van der Waals surface area contributed by atoms with Crippen LogP contribution < -0.4 is 0 Å². The molecule has 1 N–H and O–H groups in total. The Morgan fingerprint density at radius 2 is 2.50 bits per heavy atom. The first-order valence-electron chi connectivity index (χ1n) is 2.25. The molecule has 1 rings (SSSR count). The molecule has 0 unspecified atom stereocenters. The second kappa shape index (κ2) is 2.33. The highest BCUT2D eigenvalue weighted by Crippen LogP contribution is 2.07. The molecule has 0 fully saturated rings. The van der Waals surface area contributed by atoms with Crippen LogP contribution in [0.1, 0.15) is 0 Å². The Bertz CT molecular complexity index is 173. The van der Waals surface area contributed by atoms with E-state index in [1.807, 2.05) is 6.07 Å². The van der Waals surface area contributed by atoms with Crippen molar-refractivity contribution >= 4 is 15.9 Å². The Balaban J connectivity index is 2.84. The van der Waals surface area contributed by atoms with Crippen molar-refractivity contribution in [2.24, 2.45) is 0 Å². The van der Waals surface area contributed by atoms with E-state index in [2.05, 4.69) is 15.9 Å². The third-order valence-corrected chi connectivity index (χ3v) is 1.35. The zero-order valence-corrected chi connectivity index (χ0v) is 5.80. The number of aromatic nitrogens is 1. The van der Waals surface area contributed by atoms with Gasteiger partial charge in [0.25, 0.3) is 0 Å². The summed E-state index contributed by atoms with van der Waals surface area (Å²) in [4.78, 5) is 0. The van der Waals surface area contributed by atoms with Gasteiger partial charge in [-0.2, -0.15) is 0 Å². The number of rotatable bonds is 1. The highest BCUT2D eigenvalue weighted by Gasteiger charge is 1.86. The maximum atomic E-state index is 8.49. The third kappa shape index (κ3) is 1.11. The number of aliphatic hydroxyl groups excluding tert-OH is 1. The van der Waals surface area contributed by atoms with Crippen molar-refractivity contribution in [3.63, 3.8) is 0 Å². The van der Waals surface area contributed by atoms with Gasteiger partial charge in [0.05, 0.1) is 0 Å². The highest BCUT2D eigenvalue weighted by molar-refractivity contribution is 9.10. The molecule has 44 valence electrons. The Labute approximate surface area is 55.9 Å². The first-order valence-corrected chi connectivity index (χ1v) is 3.04. The van der Waals surface area contributed by atoms with Gasteiger partial charge in [0, 0.05) is 16.9 Å². The summed E-state index contributed by atoms with van der Waals surface area (Å²) in [6.45, 7) is 0.0472. The van der Waals surface area contributed by atoms with Crippen LogP contribution in [0.3, 0.4) is 0 Å². The smallest absolute Gasteiger partial charge is 0.119 e. The van der Waals surface area contributed by atoms with E-state index in [0.717, 1.165) is 4.47 Å². The van der Waals surface area contributed by atoms with Gasteiger partial charge in [-0.05, 0) is 22.0 Å². The quantitative estimate of drug-likeness (QED) is 0.683. The van der Waals surface area contributed by atoms with Gasteiger partial charge in [-0.25, -0.2) is 0 Å². The van der Waals surface area contributed by atoms with Gasteiger partial charge in [0.2, 0.25) is 0 Å². The average molecular weight is 176 g/mol. The Morgan fingerprint density at radius 3 is 2.75 bits per heavy atom. The minimum absolute atomic E-state index is 0.0472. The molecule has 0 aliphatic carbocycles. The summed E-state index contributed by atoms with van der Waals surface area (Å²) >= 11 is 3.24. The number of nitrogens with zero attached hydrogens (tertiary/aromatic N) is 1. The molecule has 0 spiro atoms. The minimum atomic E-state index is 0.0472. The zero-order chi connectivity index (χ0) is 5.98. The standard InChI is InChI=1S/C5H6BrNO/c6-5-1-2-7(3-5)4-8/h1-3,8H,4H2. The molecule has 0 amide bonds. The maximum Gasteiger partial charge on any atom is 0.119 e. The van der Waals surface area contributed by atoms with Crippen LogP contribution in [0, 0.1) is 0 Å². The van der Waals surface area contributed by atoms with Gasteiger partial charge >= 0.3 is 0 Å². The van der Waals surface area contributed by atoms with Crippen LogP contribution in [0.25, 0.3) is 0 Å². The van der Waals surface area contributed by atoms with Gasteiger partial charge in [0.1, 0.15) is 6.73 Å². The Hall–Kier alpha value is -0.280. The average Bonchev–Trinajstić information content (AvgIpc) is 2.14. The second-order valence-electron chi connectivity index (χ2n) is 1.49. The van der Waals surface area contributed by atoms with Crippen LogP contribution in [0.5, 0.6) is 0 Å². The van der Waals surface area contributed by atoms with E-state index in [0.29, 0.717) is 0 Å². The Kier molecular flexibility index (Phi) is 1.70. The number of halogens is 1. The number of hydrogen-bond acceptors (Lipinski definition) is 1. The van der Waals surface area contributed by atoms with E-state index in [1.165, 1.54) is 0 Å². The molecule has 1 aromatic rings. The van der Waals surface area contributed by atoms with Crippen LogP contribution in [0.4, 0.5) is 0 Å². The van der Waals surface area contributed by atoms with Crippen LogP contribution in [0.2, 0.25) is 0 Å². The molecule has 0 aliphatic heterocycles. The fourth-order valence-corrected chi connectivity index (χ4v) is 0.881. The molecular weight excluding hydrogens is 170 g/mol. The predicted octanol–water partition coefficient (Wildman–Crippen LogP) is 1.20. The van der Waals surface area contributed by atoms with Gasteiger partial charge in [0.15, 0.2) is 0 Å². The summed E-state index contributed by atoms with van der Waals surface area (Å²) in [5.41, 5.74) is 0. The maximum absolute atomic E-state index is 8.49. The molecule has 0 radical (unpaired) electrons. The number of hydrogen-bond donors (Lipinski definition) is 1. The first kappa shape index (κ1) is 5.85. The largest absolute Gasteiger partial charge is 0.376 e. The van der Waals surface area contributed by atoms with Crippen LogP contribution in [-0.4, -0.2) is 9.67 Å². The molecule has 0 aromatic carbocycles. The summed E-state index contributed by atoms with van der Waals surface area (Å²) in [5.74, 6) is 0. The molecule has 0 bridgehead atoms. The van der Waals surface area contributed by atoms with Gasteiger partial charge in [-0.3, -0.25) is 0 Å². The van der Waals surface area contributed by atoms with Crippen molar-refractivity contribution in [3.05, 3.63) is 22.9 Å². The molecule has 0 aliphatic rings. The molecule has 2 nitrogen and oxygen atoms in total. The topological polar surface area (TPSA) is 25.2 Å². The van der Waals surface area contributed by atoms with Crippen molar-refractivity contribution in [2.45, 2.75) is 6.73 Å². The molecule has 3 heteroatoms. The van der Waals surface area contributed by atoms with E-state index in [4.69, 9.17) is 5.11 Å². The molecule has 1 heterocycles. The molecule has 0 saturated heterocycles.